The van der Waals surface area contributed by atoms with Crippen molar-refractivity contribution in [1.29, 1.82) is 0 Å². The van der Waals surface area contributed by atoms with Gasteiger partial charge in [0.1, 0.15) is 6.10 Å². The number of carboxylic acids is 1. The number of hydrogen-bond acceptors (Lipinski definition) is 3. The van der Waals surface area contributed by atoms with E-state index in [1.165, 1.54) is 44.9 Å². The Morgan fingerprint density at radius 3 is 2.04 bits per heavy atom. The van der Waals surface area contributed by atoms with Crippen molar-refractivity contribution in [3.63, 3.8) is 0 Å². The molecule has 1 aliphatic rings. The second-order valence-corrected chi connectivity index (χ2v) is 8.81. The molecule has 1 fully saturated rings. The number of unbranched alkanes of at least 4 members (excludes halogenated alkanes) is 6. The average Bonchev–Trinajstić information content (AvgIpc) is 2.65. The molecule has 0 aromatic heterocycles. The second-order valence-electron chi connectivity index (χ2n) is 8.81. The van der Waals surface area contributed by atoms with Crippen molar-refractivity contribution in [2.45, 2.75) is 117 Å². The van der Waals surface area contributed by atoms with Gasteiger partial charge in [0, 0.05) is 0 Å². The largest absolute Gasteiger partial charge is 0.481 e. The van der Waals surface area contributed by atoms with E-state index in [2.05, 4.69) is 20.8 Å². The molecule has 0 amide bonds. The lowest BCUT2D eigenvalue weighted by Gasteiger charge is -2.27. The van der Waals surface area contributed by atoms with E-state index < -0.39 is 5.97 Å². The number of rotatable bonds is 14. The van der Waals surface area contributed by atoms with Crippen molar-refractivity contribution in [2.24, 2.45) is 17.8 Å². The predicted molar refractivity (Wildman–Crippen MR) is 110 cm³/mol. The fraction of sp³-hybridized carbons (Fsp3) is 0.913. The summed E-state index contributed by atoms with van der Waals surface area (Å²) in [5, 5.41) is 9.17. The normalized spacial score (nSPS) is 21.2. The second kappa shape index (κ2) is 14.0. The molecule has 0 saturated heterocycles. The number of hydrogen-bond donors (Lipinski definition) is 1. The van der Waals surface area contributed by atoms with Gasteiger partial charge in [-0.3, -0.25) is 9.59 Å². The van der Waals surface area contributed by atoms with Crippen LogP contribution in [0.15, 0.2) is 0 Å². The molecule has 0 aromatic carbocycles. The van der Waals surface area contributed by atoms with Gasteiger partial charge < -0.3 is 9.84 Å². The summed E-state index contributed by atoms with van der Waals surface area (Å²) in [6.45, 7) is 6.64. The molecule has 4 nitrogen and oxygen atoms in total. The molecule has 27 heavy (non-hydrogen) atoms. The van der Waals surface area contributed by atoms with Gasteiger partial charge in [0.05, 0.1) is 11.8 Å². The summed E-state index contributed by atoms with van der Waals surface area (Å²) in [5.41, 5.74) is 0. The van der Waals surface area contributed by atoms with Crippen LogP contribution in [0.25, 0.3) is 0 Å². The zero-order valence-electron chi connectivity index (χ0n) is 17.9. The molecule has 0 aromatic rings. The Hall–Kier alpha value is -1.06. The van der Waals surface area contributed by atoms with Crippen LogP contribution in [0.5, 0.6) is 0 Å². The van der Waals surface area contributed by atoms with Crippen molar-refractivity contribution in [3.05, 3.63) is 0 Å². The smallest absolute Gasteiger partial charge is 0.309 e. The SMILES string of the molecule is CCC(CCCCCCCCCC(C)C)OC(=O)C1CCCC(C(=O)O)C1. The van der Waals surface area contributed by atoms with Gasteiger partial charge in [-0.05, 0) is 44.4 Å². The first-order valence-electron chi connectivity index (χ1n) is 11.4. The molecule has 0 heterocycles. The molecule has 3 unspecified atom stereocenters. The van der Waals surface area contributed by atoms with Crippen LogP contribution < -0.4 is 0 Å². The molecule has 1 rings (SSSR count). The van der Waals surface area contributed by atoms with Gasteiger partial charge in [0.25, 0.3) is 0 Å². The van der Waals surface area contributed by atoms with Crippen molar-refractivity contribution in [3.8, 4) is 0 Å². The van der Waals surface area contributed by atoms with Crippen molar-refractivity contribution in [1.82, 2.24) is 0 Å². The Kier molecular flexibility index (Phi) is 12.4. The van der Waals surface area contributed by atoms with Gasteiger partial charge in [-0.25, -0.2) is 0 Å². The summed E-state index contributed by atoms with van der Waals surface area (Å²) in [6.07, 6.45) is 14.8. The summed E-state index contributed by atoms with van der Waals surface area (Å²) in [5.74, 6) is -0.722. The Bertz CT molecular complexity index is 419. The highest BCUT2D eigenvalue weighted by Crippen LogP contribution is 2.30. The van der Waals surface area contributed by atoms with Gasteiger partial charge in [0.2, 0.25) is 0 Å². The van der Waals surface area contributed by atoms with Gasteiger partial charge >= 0.3 is 11.9 Å². The molecule has 1 aliphatic carbocycles. The Labute approximate surface area is 166 Å². The summed E-state index contributed by atoms with van der Waals surface area (Å²) >= 11 is 0. The molecule has 0 bridgehead atoms. The summed E-state index contributed by atoms with van der Waals surface area (Å²) in [7, 11) is 0. The Morgan fingerprint density at radius 1 is 0.926 bits per heavy atom. The highest BCUT2D eigenvalue weighted by atomic mass is 16.5. The number of carbonyl (C=O) groups excluding carboxylic acids is 1. The van der Waals surface area contributed by atoms with Gasteiger partial charge in [-0.15, -0.1) is 0 Å². The zero-order chi connectivity index (χ0) is 20.1. The molecule has 4 heteroatoms. The standard InChI is InChI=1S/C23H42O4/c1-4-21(16-11-9-7-5-6-8-10-13-18(2)3)27-23(26)20-15-12-14-19(17-20)22(24)25/h18-21H,4-17H2,1-3H3,(H,24,25). The summed E-state index contributed by atoms with van der Waals surface area (Å²) in [4.78, 5) is 23.6. The molecule has 1 saturated carbocycles. The first kappa shape index (κ1) is 24.0. The van der Waals surface area contributed by atoms with Crippen LogP contribution in [0.3, 0.4) is 0 Å². The topological polar surface area (TPSA) is 63.6 Å². The fourth-order valence-electron chi connectivity index (χ4n) is 4.04. The minimum absolute atomic E-state index is 0.00579. The molecular formula is C23H42O4. The number of aliphatic carboxylic acids is 1. The number of carbonyl (C=O) groups is 2. The Balaban J connectivity index is 2.13. The molecule has 0 spiro atoms. The van der Waals surface area contributed by atoms with Crippen LogP contribution in [0.2, 0.25) is 0 Å². The van der Waals surface area contributed by atoms with E-state index in [1.54, 1.807) is 0 Å². The van der Waals surface area contributed by atoms with Gasteiger partial charge in [-0.1, -0.05) is 72.1 Å². The van der Waals surface area contributed by atoms with Crippen molar-refractivity contribution >= 4 is 11.9 Å². The van der Waals surface area contributed by atoms with Gasteiger partial charge in [-0.2, -0.15) is 0 Å². The van der Waals surface area contributed by atoms with Crippen LogP contribution in [0.4, 0.5) is 0 Å². The third kappa shape index (κ3) is 10.8. The lowest BCUT2D eigenvalue weighted by Crippen LogP contribution is -2.30. The third-order valence-corrected chi connectivity index (χ3v) is 5.90. The van der Waals surface area contributed by atoms with E-state index in [4.69, 9.17) is 4.74 Å². The quantitative estimate of drug-likeness (QED) is 0.280. The van der Waals surface area contributed by atoms with Crippen LogP contribution >= 0.6 is 0 Å². The van der Waals surface area contributed by atoms with Crippen molar-refractivity contribution in [2.75, 3.05) is 0 Å². The van der Waals surface area contributed by atoms with E-state index in [9.17, 15) is 14.7 Å². The van der Waals surface area contributed by atoms with Crippen molar-refractivity contribution < 1.29 is 19.4 Å². The number of carboxylic acid groups (broad SMARTS) is 1. The molecule has 0 radical (unpaired) electrons. The van der Waals surface area contributed by atoms with Crippen LogP contribution in [-0.4, -0.2) is 23.1 Å². The lowest BCUT2D eigenvalue weighted by atomic mass is 9.81. The lowest BCUT2D eigenvalue weighted by molar-refractivity contribution is -0.157. The molecule has 1 N–H and O–H groups in total. The van der Waals surface area contributed by atoms with E-state index in [0.29, 0.717) is 12.8 Å². The molecule has 0 aliphatic heterocycles. The minimum Gasteiger partial charge on any atom is -0.481 e. The first-order chi connectivity index (χ1) is 12.9. The van der Waals surface area contributed by atoms with E-state index in [1.807, 2.05) is 0 Å². The van der Waals surface area contributed by atoms with E-state index in [0.717, 1.165) is 38.0 Å². The fourth-order valence-corrected chi connectivity index (χ4v) is 4.04. The van der Waals surface area contributed by atoms with Crippen LogP contribution in [-0.2, 0) is 14.3 Å². The molecular weight excluding hydrogens is 340 g/mol. The maximum atomic E-state index is 12.4. The maximum Gasteiger partial charge on any atom is 0.309 e. The average molecular weight is 383 g/mol. The summed E-state index contributed by atoms with van der Waals surface area (Å²) < 4.78 is 5.72. The zero-order valence-corrected chi connectivity index (χ0v) is 17.9. The number of ether oxygens (including phenoxy) is 1. The third-order valence-electron chi connectivity index (χ3n) is 5.90. The highest BCUT2D eigenvalue weighted by Gasteiger charge is 2.32. The number of esters is 1. The maximum absolute atomic E-state index is 12.4. The Morgan fingerprint density at radius 2 is 1.48 bits per heavy atom. The minimum atomic E-state index is -0.774. The van der Waals surface area contributed by atoms with E-state index >= 15 is 0 Å². The predicted octanol–water partition coefficient (Wildman–Crippen LogP) is 6.37. The van der Waals surface area contributed by atoms with E-state index in [-0.39, 0.29) is 23.9 Å². The van der Waals surface area contributed by atoms with Gasteiger partial charge in [0.15, 0.2) is 0 Å². The van der Waals surface area contributed by atoms with Crippen LogP contribution in [0.1, 0.15) is 111 Å². The first-order valence-corrected chi connectivity index (χ1v) is 11.4. The summed E-state index contributed by atoms with van der Waals surface area (Å²) in [6, 6.07) is 0. The van der Waals surface area contributed by atoms with Crippen LogP contribution in [0, 0.1) is 17.8 Å². The highest BCUT2D eigenvalue weighted by molar-refractivity contribution is 5.75. The monoisotopic (exact) mass is 382 g/mol. The molecule has 3 atom stereocenters. The molecule has 158 valence electrons.